The lowest BCUT2D eigenvalue weighted by Crippen LogP contribution is -2.39. The molecule has 96 valence electrons. The Labute approximate surface area is 101 Å². The first kappa shape index (κ1) is 13.9. The number of ether oxygens (including phenoxy) is 1. The number of anilines is 1. The first-order valence-electron chi connectivity index (χ1n) is 5.03. The van der Waals surface area contributed by atoms with E-state index < -0.39 is 15.6 Å². The Balaban J connectivity index is 2.83. The van der Waals surface area contributed by atoms with E-state index in [-0.39, 0.29) is 17.3 Å². The highest BCUT2D eigenvalue weighted by Crippen LogP contribution is 2.12. The highest BCUT2D eigenvalue weighted by atomic mass is 32.2. The second-order valence-corrected chi connectivity index (χ2v) is 5.97. The molecule has 1 heterocycles. The van der Waals surface area contributed by atoms with E-state index in [1.807, 2.05) is 0 Å². The molecule has 0 amide bonds. The van der Waals surface area contributed by atoms with Crippen LogP contribution in [0.15, 0.2) is 23.2 Å². The molecule has 0 aliphatic rings. The van der Waals surface area contributed by atoms with Gasteiger partial charge in [0.2, 0.25) is 10.0 Å². The van der Waals surface area contributed by atoms with E-state index in [0.717, 1.165) is 0 Å². The van der Waals surface area contributed by atoms with Crippen molar-refractivity contribution in [2.45, 2.75) is 24.3 Å². The van der Waals surface area contributed by atoms with Crippen LogP contribution in [0.5, 0.6) is 0 Å². The van der Waals surface area contributed by atoms with E-state index in [1.165, 1.54) is 25.4 Å². The molecule has 0 radical (unpaired) electrons. The maximum Gasteiger partial charge on any atom is 0.240 e. The van der Waals surface area contributed by atoms with Gasteiger partial charge in [-0.1, -0.05) is 0 Å². The van der Waals surface area contributed by atoms with Crippen molar-refractivity contribution in [1.29, 1.82) is 0 Å². The minimum Gasteiger partial charge on any atom is -0.384 e. The van der Waals surface area contributed by atoms with Gasteiger partial charge in [-0.25, -0.2) is 18.1 Å². The van der Waals surface area contributed by atoms with Crippen LogP contribution < -0.4 is 10.5 Å². The zero-order valence-electron chi connectivity index (χ0n) is 10.1. The third-order valence-corrected chi connectivity index (χ3v) is 3.70. The average molecular weight is 259 g/mol. The molecule has 6 nitrogen and oxygen atoms in total. The van der Waals surface area contributed by atoms with Crippen molar-refractivity contribution in [3.8, 4) is 0 Å². The Bertz CT molecular complexity index is 485. The van der Waals surface area contributed by atoms with Crippen molar-refractivity contribution < 1.29 is 13.2 Å². The second-order valence-electron chi connectivity index (χ2n) is 4.20. The fourth-order valence-electron chi connectivity index (χ4n) is 1.02. The average Bonchev–Trinajstić information content (AvgIpc) is 2.27. The van der Waals surface area contributed by atoms with Gasteiger partial charge in [0.25, 0.3) is 0 Å². The van der Waals surface area contributed by atoms with Crippen LogP contribution in [0.2, 0.25) is 0 Å². The number of rotatable bonds is 5. The first-order valence-corrected chi connectivity index (χ1v) is 6.51. The van der Waals surface area contributed by atoms with E-state index in [2.05, 4.69) is 9.71 Å². The summed E-state index contributed by atoms with van der Waals surface area (Å²) in [6.45, 7) is 3.75. The molecular weight excluding hydrogens is 242 g/mol. The zero-order valence-corrected chi connectivity index (χ0v) is 10.9. The van der Waals surface area contributed by atoms with Crippen molar-refractivity contribution >= 4 is 15.8 Å². The van der Waals surface area contributed by atoms with Crippen LogP contribution in [0.1, 0.15) is 13.8 Å². The number of nitrogens with one attached hydrogen (secondary N) is 1. The van der Waals surface area contributed by atoms with E-state index in [4.69, 9.17) is 10.5 Å². The number of aromatic nitrogens is 1. The number of nitrogen functional groups attached to an aromatic ring is 1. The molecule has 7 heteroatoms. The highest BCUT2D eigenvalue weighted by Gasteiger charge is 2.21. The van der Waals surface area contributed by atoms with Gasteiger partial charge in [-0.05, 0) is 19.9 Å². The Hall–Kier alpha value is -1.18. The normalized spacial score (nSPS) is 12.6. The summed E-state index contributed by atoms with van der Waals surface area (Å²) in [4.78, 5) is 3.83. The minimum atomic E-state index is -3.58. The Morgan fingerprint density at radius 3 is 2.71 bits per heavy atom. The van der Waals surface area contributed by atoms with Crippen molar-refractivity contribution in [2.24, 2.45) is 0 Å². The summed E-state index contributed by atoms with van der Waals surface area (Å²) in [6.07, 6.45) is 1.35. The topological polar surface area (TPSA) is 94.3 Å². The Morgan fingerprint density at radius 2 is 2.18 bits per heavy atom. The summed E-state index contributed by atoms with van der Waals surface area (Å²) >= 11 is 0. The van der Waals surface area contributed by atoms with Crippen LogP contribution >= 0.6 is 0 Å². The third-order valence-electron chi connectivity index (χ3n) is 2.30. The standard InChI is InChI=1S/C10H17N3O3S/c1-10(2,16-3)7-13-17(14,15)8-4-5-12-9(11)6-8/h4-6,13H,7H2,1-3H3,(H2,11,12). The van der Waals surface area contributed by atoms with E-state index in [0.29, 0.717) is 0 Å². The predicted octanol–water partition coefficient (Wildman–Crippen LogP) is 0.367. The number of hydrogen-bond acceptors (Lipinski definition) is 5. The molecule has 0 aliphatic heterocycles. The molecular formula is C10H17N3O3S. The molecule has 0 saturated carbocycles. The monoisotopic (exact) mass is 259 g/mol. The molecule has 0 aromatic carbocycles. The molecule has 0 aliphatic carbocycles. The van der Waals surface area contributed by atoms with E-state index >= 15 is 0 Å². The van der Waals surface area contributed by atoms with Gasteiger partial charge in [-0.2, -0.15) is 0 Å². The number of methoxy groups -OCH3 is 1. The van der Waals surface area contributed by atoms with Gasteiger partial charge >= 0.3 is 0 Å². The zero-order chi connectivity index (χ0) is 13.1. The summed E-state index contributed by atoms with van der Waals surface area (Å²) in [6, 6.07) is 2.70. The molecule has 1 aromatic heterocycles. The van der Waals surface area contributed by atoms with E-state index in [1.54, 1.807) is 13.8 Å². The first-order chi connectivity index (χ1) is 7.77. The summed E-state index contributed by atoms with van der Waals surface area (Å²) in [5.74, 6) is 0.166. The molecule has 0 fully saturated rings. The molecule has 0 unspecified atom stereocenters. The predicted molar refractivity (Wildman–Crippen MR) is 64.9 cm³/mol. The van der Waals surface area contributed by atoms with Gasteiger partial charge < -0.3 is 10.5 Å². The number of nitrogens with two attached hydrogens (primary N) is 1. The largest absolute Gasteiger partial charge is 0.384 e. The number of pyridine rings is 1. The Morgan fingerprint density at radius 1 is 1.53 bits per heavy atom. The summed E-state index contributed by atoms with van der Waals surface area (Å²) in [5, 5.41) is 0. The number of sulfonamides is 1. The molecule has 0 bridgehead atoms. The molecule has 3 N–H and O–H groups in total. The molecule has 1 rings (SSSR count). The van der Waals surface area contributed by atoms with Crippen molar-refractivity contribution in [2.75, 3.05) is 19.4 Å². The van der Waals surface area contributed by atoms with Crippen molar-refractivity contribution in [3.63, 3.8) is 0 Å². The Kier molecular flexibility index (Phi) is 4.07. The minimum absolute atomic E-state index is 0.0944. The SMILES string of the molecule is COC(C)(C)CNS(=O)(=O)c1ccnc(N)c1. The highest BCUT2D eigenvalue weighted by molar-refractivity contribution is 7.89. The van der Waals surface area contributed by atoms with Crippen LogP contribution in [0.4, 0.5) is 5.82 Å². The number of hydrogen-bond donors (Lipinski definition) is 2. The quantitative estimate of drug-likeness (QED) is 0.796. The smallest absolute Gasteiger partial charge is 0.240 e. The van der Waals surface area contributed by atoms with Gasteiger partial charge in [0, 0.05) is 25.9 Å². The maximum atomic E-state index is 11.9. The summed E-state index contributed by atoms with van der Waals surface area (Å²) < 4.78 is 31.4. The molecule has 0 saturated heterocycles. The lowest BCUT2D eigenvalue weighted by atomic mass is 10.1. The van der Waals surface area contributed by atoms with Gasteiger partial charge in [0.1, 0.15) is 5.82 Å². The molecule has 17 heavy (non-hydrogen) atoms. The van der Waals surface area contributed by atoms with Gasteiger partial charge in [0.15, 0.2) is 0 Å². The van der Waals surface area contributed by atoms with Gasteiger partial charge in [-0.3, -0.25) is 0 Å². The van der Waals surface area contributed by atoms with Gasteiger partial charge in [0.05, 0.1) is 10.5 Å². The van der Waals surface area contributed by atoms with Crippen LogP contribution in [-0.2, 0) is 14.8 Å². The summed E-state index contributed by atoms with van der Waals surface area (Å²) in [5.41, 5.74) is 4.87. The fraction of sp³-hybridized carbons (Fsp3) is 0.500. The molecule has 0 atom stereocenters. The van der Waals surface area contributed by atoms with Gasteiger partial charge in [-0.15, -0.1) is 0 Å². The lowest BCUT2D eigenvalue weighted by Gasteiger charge is -2.23. The van der Waals surface area contributed by atoms with Crippen molar-refractivity contribution in [1.82, 2.24) is 9.71 Å². The number of nitrogens with zero attached hydrogens (tertiary/aromatic N) is 1. The molecule has 0 spiro atoms. The van der Waals surface area contributed by atoms with Crippen LogP contribution in [-0.4, -0.2) is 32.7 Å². The summed E-state index contributed by atoms with van der Waals surface area (Å²) in [7, 11) is -2.05. The van der Waals surface area contributed by atoms with Crippen LogP contribution in [0.25, 0.3) is 0 Å². The second kappa shape index (κ2) is 4.99. The molecule has 1 aromatic rings. The van der Waals surface area contributed by atoms with Crippen LogP contribution in [0.3, 0.4) is 0 Å². The maximum absolute atomic E-state index is 11.9. The van der Waals surface area contributed by atoms with Crippen LogP contribution in [0, 0.1) is 0 Å². The van der Waals surface area contributed by atoms with Crippen molar-refractivity contribution in [3.05, 3.63) is 18.3 Å². The third kappa shape index (κ3) is 3.95. The van der Waals surface area contributed by atoms with E-state index in [9.17, 15) is 8.42 Å². The lowest BCUT2D eigenvalue weighted by molar-refractivity contribution is 0.0276. The fourth-order valence-corrected chi connectivity index (χ4v) is 2.24.